The minimum atomic E-state index is -0.125. The van der Waals surface area contributed by atoms with Crippen LogP contribution in [0.25, 0.3) is 0 Å². The lowest BCUT2D eigenvalue weighted by atomic mass is 10.1. The molecule has 1 atom stereocenters. The summed E-state index contributed by atoms with van der Waals surface area (Å²) in [5, 5.41) is 9.44. The van der Waals surface area contributed by atoms with E-state index in [-0.39, 0.29) is 11.8 Å². The highest BCUT2D eigenvalue weighted by atomic mass is 16.5. The van der Waals surface area contributed by atoms with Crippen LogP contribution in [0.4, 0.5) is 0 Å². The Balaban J connectivity index is 2.19. The summed E-state index contributed by atoms with van der Waals surface area (Å²) in [5.74, 6) is 1.65. The molecule has 0 aliphatic rings. The van der Waals surface area contributed by atoms with Crippen molar-refractivity contribution < 1.29 is 14.6 Å². The van der Waals surface area contributed by atoms with Crippen molar-refractivity contribution in [3.8, 4) is 17.2 Å². The van der Waals surface area contributed by atoms with Gasteiger partial charge in [0.15, 0.2) is 0 Å². The summed E-state index contributed by atoms with van der Waals surface area (Å²) < 4.78 is 11.0. The van der Waals surface area contributed by atoms with Crippen molar-refractivity contribution in [2.24, 2.45) is 5.73 Å². The molecule has 0 fully saturated rings. The SMILES string of the molecule is COc1ccc([C@@H](C)N)c(OCc2cccc(O)c2)c1. The second-order valence-electron chi connectivity index (χ2n) is 4.65. The van der Waals surface area contributed by atoms with Crippen molar-refractivity contribution >= 4 is 0 Å². The van der Waals surface area contributed by atoms with E-state index < -0.39 is 0 Å². The number of methoxy groups -OCH3 is 1. The number of rotatable bonds is 5. The first-order chi connectivity index (χ1) is 9.60. The number of hydrogen-bond acceptors (Lipinski definition) is 4. The standard InChI is InChI=1S/C16H19NO3/c1-11(17)15-7-6-14(19-2)9-16(15)20-10-12-4-3-5-13(18)8-12/h3-9,11,18H,10,17H2,1-2H3/t11-/m1/s1. The number of benzene rings is 2. The van der Waals surface area contributed by atoms with E-state index in [1.807, 2.05) is 31.2 Å². The van der Waals surface area contributed by atoms with Crippen LogP contribution in [0.3, 0.4) is 0 Å². The minimum Gasteiger partial charge on any atom is -0.508 e. The predicted molar refractivity (Wildman–Crippen MR) is 78.0 cm³/mol. The molecule has 4 nitrogen and oxygen atoms in total. The van der Waals surface area contributed by atoms with Gasteiger partial charge in [-0.2, -0.15) is 0 Å². The van der Waals surface area contributed by atoms with Gasteiger partial charge < -0.3 is 20.3 Å². The van der Waals surface area contributed by atoms with Gasteiger partial charge in [-0.3, -0.25) is 0 Å². The summed E-state index contributed by atoms with van der Waals surface area (Å²) in [4.78, 5) is 0. The summed E-state index contributed by atoms with van der Waals surface area (Å²) in [5.41, 5.74) is 7.75. The molecule has 0 bridgehead atoms. The van der Waals surface area contributed by atoms with Crippen LogP contribution in [0.15, 0.2) is 42.5 Å². The summed E-state index contributed by atoms with van der Waals surface area (Å²) in [6.07, 6.45) is 0. The van der Waals surface area contributed by atoms with Crippen LogP contribution in [0.2, 0.25) is 0 Å². The molecule has 2 rings (SSSR count). The van der Waals surface area contributed by atoms with Gasteiger partial charge in [-0.1, -0.05) is 18.2 Å². The Labute approximate surface area is 118 Å². The van der Waals surface area contributed by atoms with E-state index in [9.17, 15) is 5.11 Å². The number of hydrogen-bond donors (Lipinski definition) is 2. The molecule has 0 aliphatic heterocycles. The van der Waals surface area contributed by atoms with Crippen LogP contribution in [0, 0.1) is 0 Å². The van der Waals surface area contributed by atoms with E-state index in [2.05, 4.69) is 0 Å². The monoisotopic (exact) mass is 273 g/mol. The van der Waals surface area contributed by atoms with Gasteiger partial charge in [0.1, 0.15) is 23.9 Å². The van der Waals surface area contributed by atoms with E-state index in [4.69, 9.17) is 15.2 Å². The lowest BCUT2D eigenvalue weighted by molar-refractivity contribution is 0.298. The molecule has 2 aromatic carbocycles. The highest BCUT2D eigenvalue weighted by Gasteiger charge is 2.10. The van der Waals surface area contributed by atoms with Gasteiger partial charge >= 0.3 is 0 Å². The van der Waals surface area contributed by atoms with E-state index >= 15 is 0 Å². The lowest BCUT2D eigenvalue weighted by Gasteiger charge is -2.15. The zero-order valence-corrected chi connectivity index (χ0v) is 11.7. The Morgan fingerprint density at radius 2 is 2.00 bits per heavy atom. The van der Waals surface area contributed by atoms with Gasteiger partial charge in [0.05, 0.1) is 7.11 Å². The Bertz CT molecular complexity index is 582. The Kier molecular flexibility index (Phi) is 4.48. The molecule has 0 aromatic heterocycles. The summed E-state index contributed by atoms with van der Waals surface area (Å²) in [7, 11) is 1.61. The largest absolute Gasteiger partial charge is 0.508 e. The molecular weight excluding hydrogens is 254 g/mol. The fourth-order valence-electron chi connectivity index (χ4n) is 1.95. The first kappa shape index (κ1) is 14.2. The molecule has 0 amide bonds. The number of phenols is 1. The van der Waals surface area contributed by atoms with E-state index in [1.54, 1.807) is 25.3 Å². The fourth-order valence-corrected chi connectivity index (χ4v) is 1.95. The smallest absolute Gasteiger partial charge is 0.128 e. The third-order valence-electron chi connectivity index (χ3n) is 3.02. The molecule has 0 saturated carbocycles. The van der Waals surface area contributed by atoms with Crippen molar-refractivity contribution in [2.75, 3.05) is 7.11 Å². The minimum absolute atomic E-state index is 0.125. The molecule has 4 heteroatoms. The number of phenolic OH excluding ortho intramolecular Hbond substituents is 1. The fraction of sp³-hybridized carbons (Fsp3) is 0.250. The van der Waals surface area contributed by atoms with Crippen molar-refractivity contribution in [3.05, 3.63) is 53.6 Å². The average Bonchev–Trinajstić information content (AvgIpc) is 2.44. The van der Waals surface area contributed by atoms with Crippen molar-refractivity contribution in [2.45, 2.75) is 19.6 Å². The maximum Gasteiger partial charge on any atom is 0.128 e. The molecule has 0 aliphatic carbocycles. The van der Waals surface area contributed by atoms with Gasteiger partial charge in [-0.05, 0) is 30.7 Å². The topological polar surface area (TPSA) is 64.7 Å². The molecule has 0 radical (unpaired) electrons. The van der Waals surface area contributed by atoms with Gasteiger partial charge in [0, 0.05) is 17.7 Å². The van der Waals surface area contributed by atoms with Gasteiger partial charge in [-0.15, -0.1) is 0 Å². The summed E-state index contributed by atoms with van der Waals surface area (Å²) in [6.45, 7) is 2.27. The summed E-state index contributed by atoms with van der Waals surface area (Å²) >= 11 is 0. The third kappa shape index (κ3) is 3.42. The number of ether oxygens (including phenoxy) is 2. The second kappa shape index (κ2) is 6.30. The Morgan fingerprint density at radius 3 is 2.65 bits per heavy atom. The van der Waals surface area contributed by atoms with Crippen LogP contribution in [0.1, 0.15) is 24.1 Å². The van der Waals surface area contributed by atoms with Crippen molar-refractivity contribution in [1.29, 1.82) is 0 Å². The molecule has 106 valence electrons. The predicted octanol–water partition coefficient (Wildman–Crippen LogP) is 3.00. The Morgan fingerprint density at radius 1 is 1.20 bits per heavy atom. The van der Waals surface area contributed by atoms with E-state index in [0.717, 1.165) is 16.9 Å². The lowest BCUT2D eigenvalue weighted by Crippen LogP contribution is -2.08. The zero-order chi connectivity index (χ0) is 14.5. The van der Waals surface area contributed by atoms with Gasteiger partial charge in [0.25, 0.3) is 0 Å². The maximum atomic E-state index is 9.44. The summed E-state index contributed by atoms with van der Waals surface area (Å²) in [6, 6.07) is 12.4. The molecule has 0 heterocycles. The second-order valence-corrected chi connectivity index (χ2v) is 4.65. The normalized spacial score (nSPS) is 11.9. The van der Waals surface area contributed by atoms with Crippen LogP contribution in [-0.4, -0.2) is 12.2 Å². The highest BCUT2D eigenvalue weighted by Crippen LogP contribution is 2.29. The van der Waals surface area contributed by atoms with Crippen LogP contribution in [-0.2, 0) is 6.61 Å². The zero-order valence-electron chi connectivity index (χ0n) is 11.7. The van der Waals surface area contributed by atoms with Crippen molar-refractivity contribution in [1.82, 2.24) is 0 Å². The first-order valence-corrected chi connectivity index (χ1v) is 6.44. The number of aromatic hydroxyl groups is 1. The van der Waals surface area contributed by atoms with Crippen LogP contribution < -0.4 is 15.2 Å². The van der Waals surface area contributed by atoms with Gasteiger partial charge in [-0.25, -0.2) is 0 Å². The van der Waals surface area contributed by atoms with Crippen molar-refractivity contribution in [3.63, 3.8) is 0 Å². The van der Waals surface area contributed by atoms with E-state index in [0.29, 0.717) is 12.4 Å². The molecule has 0 saturated heterocycles. The molecule has 20 heavy (non-hydrogen) atoms. The molecular formula is C16H19NO3. The average molecular weight is 273 g/mol. The third-order valence-corrected chi connectivity index (χ3v) is 3.02. The quantitative estimate of drug-likeness (QED) is 0.879. The highest BCUT2D eigenvalue weighted by molar-refractivity contribution is 5.42. The molecule has 0 spiro atoms. The molecule has 3 N–H and O–H groups in total. The molecule has 2 aromatic rings. The first-order valence-electron chi connectivity index (χ1n) is 6.44. The van der Waals surface area contributed by atoms with E-state index in [1.165, 1.54) is 0 Å². The Hall–Kier alpha value is -2.20. The van der Waals surface area contributed by atoms with Gasteiger partial charge in [0.2, 0.25) is 0 Å². The molecule has 0 unspecified atom stereocenters. The van der Waals surface area contributed by atoms with Crippen LogP contribution in [0.5, 0.6) is 17.2 Å². The maximum absolute atomic E-state index is 9.44. The van der Waals surface area contributed by atoms with Crippen LogP contribution >= 0.6 is 0 Å². The number of nitrogens with two attached hydrogens (primary N) is 1.